The zero-order valence-corrected chi connectivity index (χ0v) is 10.7. The highest BCUT2D eigenvalue weighted by molar-refractivity contribution is 6.30. The Balaban J connectivity index is 2.00. The van der Waals surface area contributed by atoms with Gasteiger partial charge in [-0.2, -0.15) is 0 Å². The van der Waals surface area contributed by atoms with Crippen LogP contribution in [0.15, 0.2) is 36.3 Å². The first-order valence-electron chi connectivity index (χ1n) is 5.68. The number of rotatable bonds is 3. The predicted octanol–water partition coefficient (Wildman–Crippen LogP) is 2.41. The molecule has 1 aliphatic heterocycles. The van der Waals surface area contributed by atoms with E-state index >= 15 is 0 Å². The van der Waals surface area contributed by atoms with Gasteiger partial charge in [0, 0.05) is 5.02 Å². The van der Waals surface area contributed by atoms with E-state index in [4.69, 9.17) is 21.1 Å². The van der Waals surface area contributed by atoms with Crippen LogP contribution in [-0.4, -0.2) is 19.1 Å². The van der Waals surface area contributed by atoms with Crippen molar-refractivity contribution in [3.05, 3.63) is 46.9 Å². The topological polar surface area (TPSA) is 47.6 Å². The average molecular weight is 268 g/mol. The molecule has 18 heavy (non-hydrogen) atoms. The van der Waals surface area contributed by atoms with Crippen LogP contribution in [0.5, 0.6) is 0 Å². The highest BCUT2D eigenvalue weighted by atomic mass is 35.5. The van der Waals surface area contributed by atoms with Crippen molar-refractivity contribution >= 4 is 17.5 Å². The van der Waals surface area contributed by atoms with E-state index in [0.717, 1.165) is 5.56 Å². The second kappa shape index (κ2) is 5.78. The number of ether oxygens (including phenoxy) is 2. The lowest BCUT2D eigenvalue weighted by atomic mass is 10.1. The first-order chi connectivity index (χ1) is 8.66. The van der Waals surface area contributed by atoms with Gasteiger partial charge in [0.1, 0.15) is 19.5 Å². The summed E-state index contributed by atoms with van der Waals surface area (Å²) in [5.41, 5.74) is 0.938. The van der Waals surface area contributed by atoms with Crippen LogP contribution in [0, 0.1) is 0 Å². The van der Waals surface area contributed by atoms with Crippen LogP contribution < -0.4 is 5.32 Å². The van der Waals surface area contributed by atoms with Gasteiger partial charge in [0.2, 0.25) is 5.76 Å². The highest BCUT2D eigenvalue weighted by Crippen LogP contribution is 2.18. The number of benzene rings is 1. The molecule has 1 N–H and O–H groups in total. The van der Waals surface area contributed by atoms with Crippen molar-refractivity contribution in [2.45, 2.75) is 13.0 Å². The van der Waals surface area contributed by atoms with Gasteiger partial charge in [-0.1, -0.05) is 23.7 Å². The molecule has 1 heterocycles. The molecule has 0 saturated carbocycles. The molecular formula is C13H14ClNO3. The Bertz CT molecular complexity index is 473. The van der Waals surface area contributed by atoms with E-state index in [1.165, 1.54) is 6.26 Å². The number of amides is 1. The summed E-state index contributed by atoms with van der Waals surface area (Å²) in [7, 11) is 0. The molecular weight excluding hydrogens is 254 g/mol. The molecule has 96 valence electrons. The summed E-state index contributed by atoms with van der Waals surface area (Å²) in [6.45, 7) is 2.75. The van der Waals surface area contributed by atoms with Crippen molar-refractivity contribution in [1.29, 1.82) is 0 Å². The largest absolute Gasteiger partial charge is 0.494 e. The van der Waals surface area contributed by atoms with Crippen LogP contribution >= 0.6 is 11.6 Å². The summed E-state index contributed by atoms with van der Waals surface area (Å²) in [6, 6.07) is 7.21. The molecule has 1 atom stereocenters. The Labute approximate surface area is 111 Å². The Morgan fingerprint density at radius 2 is 2.28 bits per heavy atom. The number of carbonyl (C=O) groups is 1. The molecule has 1 amide bonds. The molecule has 0 fully saturated rings. The second-order valence-electron chi connectivity index (χ2n) is 3.95. The zero-order chi connectivity index (χ0) is 13.0. The third kappa shape index (κ3) is 3.17. The summed E-state index contributed by atoms with van der Waals surface area (Å²) in [5, 5.41) is 3.47. The van der Waals surface area contributed by atoms with Crippen LogP contribution in [-0.2, 0) is 14.3 Å². The zero-order valence-electron chi connectivity index (χ0n) is 9.98. The summed E-state index contributed by atoms with van der Waals surface area (Å²) < 4.78 is 10.2. The number of halogens is 1. The van der Waals surface area contributed by atoms with Crippen LogP contribution in [0.4, 0.5) is 0 Å². The van der Waals surface area contributed by atoms with Crippen molar-refractivity contribution in [3.63, 3.8) is 0 Å². The minimum absolute atomic E-state index is 0.150. The molecule has 0 aliphatic carbocycles. The molecule has 1 unspecified atom stereocenters. The standard InChI is InChI=1S/C13H14ClNO3/c1-9(10-3-2-4-11(14)7-10)15-13(16)12-8-17-5-6-18-12/h2-4,7-9H,5-6H2,1H3,(H,15,16). The van der Waals surface area contributed by atoms with E-state index in [0.29, 0.717) is 18.2 Å². The Kier molecular flexibility index (Phi) is 4.10. The Morgan fingerprint density at radius 1 is 1.44 bits per heavy atom. The normalized spacial score (nSPS) is 16.0. The van der Waals surface area contributed by atoms with E-state index in [-0.39, 0.29) is 17.7 Å². The minimum Gasteiger partial charge on any atom is -0.494 e. The lowest BCUT2D eigenvalue weighted by Crippen LogP contribution is -2.30. The molecule has 0 radical (unpaired) electrons. The van der Waals surface area contributed by atoms with Gasteiger partial charge in [0.25, 0.3) is 5.91 Å². The van der Waals surface area contributed by atoms with Gasteiger partial charge in [0.05, 0.1) is 6.04 Å². The Morgan fingerprint density at radius 3 is 2.94 bits per heavy atom. The van der Waals surface area contributed by atoms with Gasteiger partial charge in [-0.3, -0.25) is 4.79 Å². The van der Waals surface area contributed by atoms with E-state index in [1.807, 2.05) is 25.1 Å². The monoisotopic (exact) mass is 267 g/mol. The molecule has 2 rings (SSSR count). The molecule has 0 bridgehead atoms. The summed E-state index contributed by atoms with van der Waals surface area (Å²) in [4.78, 5) is 11.8. The van der Waals surface area contributed by atoms with Gasteiger partial charge < -0.3 is 14.8 Å². The molecule has 1 aromatic carbocycles. The van der Waals surface area contributed by atoms with E-state index in [9.17, 15) is 4.79 Å². The van der Waals surface area contributed by atoms with Crippen molar-refractivity contribution in [2.24, 2.45) is 0 Å². The predicted molar refractivity (Wildman–Crippen MR) is 68.0 cm³/mol. The maximum atomic E-state index is 11.8. The maximum absolute atomic E-state index is 11.8. The fourth-order valence-electron chi connectivity index (χ4n) is 1.61. The smallest absolute Gasteiger partial charge is 0.290 e. The first-order valence-corrected chi connectivity index (χ1v) is 6.05. The van der Waals surface area contributed by atoms with Crippen molar-refractivity contribution in [1.82, 2.24) is 5.32 Å². The molecule has 1 aliphatic rings. The lowest BCUT2D eigenvalue weighted by molar-refractivity contribution is -0.122. The third-order valence-electron chi connectivity index (χ3n) is 2.57. The van der Waals surface area contributed by atoms with Crippen LogP contribution in [0.25, 0.3) is 0 Å². The van der Waals surface area contributed by atoms with Crippen molar-refractivity contribution < 1.29 is 14.3 Å². The quantitative estimate of drug-likeness (QED) is 0.915. The summed E-state index contributed by atoms with van der Waals surface area (Å²) in [6.07, 6.45) is 1.34. The van der Waals surface area contributed by atoms with Crippen LogP contribution in [0.1, 0.15) is 18.5 Å². The van der Waals surface area contributed by atoms with Gasteiger partial charge in [-0.05, 0) is 24.6 Å². The fourth-order valence-corrected chi connectivity index (χ4v) is 1.81. The van der Waals surface area contributed by atoms with Crippen molar-refractivity contribution in [3.8, 4) is 0 Å². The maximum Gasteiger partial charge on any atom is 0.290 e. The molecule has 0 spiro atoms. The minimum atomic E-state index is -0.290. The number of hydrogen-bond donors (Lipinski definition) is 1. The SMILES string of the molecule is CC(NC(=O)C1=COCCO1)c1cccc(Cl)c1. The Hall–Kier alpha value is -1.68. The van der Waals surface area contributed by atoms with Gasteiger partial charge in [0.15, 0.2) is 0 Å². The van der Waals surface area contributed by atoms with Gasteiger partial charge in [-0.15, -0.1) is 0 Å². The lowest BCUT2D eigenvalue weighted by Gasteiger charge is -2.18. The van der Waals surface area contributed by atoms with Gasteiger partial charge >= 0.3 is 0 Å². The summed E-state index contributed by atoms with van der Waals surface area (Å²) >= 11 is 5.91. The van der Waals surface area contributed by atoms with Crippen LogP contribution in [0.3, 0.4) is 0 Å². The molecule has 1 aromatic rings. The molecule has 4 nitrogen and oxygen atoms in total. The first kappa shape index (κ1) is 12.8. The van der Waals surface area contributed by atoms with E-state index in [1.54, 1.807) is 6.07 Å². The fraction of sp³-hybridized carbons (Fsp3) is 0.308. The average Bonchev–Trinajstić information content (AvgIpc) is 2.39. The molecule has 0 aromatic heterocycles. The van der Waals surface area contributed by atoms with Crippen molar-refractivity contribution in [2.75, 3.05) is 13.2 Å². The molecule has 0 saturated heterocycles. The molecule has 5 heteroatoms. The number of carbonyl (C=O) groups excluding carboxylic acids is 1. The third-order valence-corrected chi connectivity index (χ3v) is 2.80. The van der Waals surface area contributed by atoms with E-state index in [2.05, 4.69) is 5.32 Å². The summed E-state index contributed by atoms with van der Waals surface area (Å²) in [5.74, 6) is -0.0858. The van der Waals surface area contributed by atoms with Gasteiger partial charge in [-0.25, -0.2) is 0 Å². The number of hydrogen-bond acceptors (Lipinski definition) is 3. The number of nitrogens with one attached hydrogen (secondary N) is 1. The van der Waals surface area contributed by atoms with E-state index < -0.39 is 0 Å². The van der Waals surface area contributed by atoms with Crippen LogP contribution in [0.2, 0.25) is 5.02 Å². The second-order valence-corrected chi connectivity index (χ2v) is 4.39. The highest BCUT2D eigenvalue weighted by Gasteiger charge is 2.17.